The summed E-state index contributed by atoms with van der Waals surface area (Å²) < 4.78 is 99.2. The van der Waals surface area contributed by atoms with Crippen LogP contribution in [0.4, 0.5) is 26.3 Å². The minimum atomic E-state index is -5.51. The molecule has 1 aliphatic heterocycles. The zero-order chi connectivity index (χ0) is 34.3. The Labute approximate surface area is 266 Å². The van der Waals surface area contributed by atoms with Gasteiger partial charge < -0.3 is 25.6 Å². The molecule has 2 aromatic carbocycles. The Hall–Kier alpha value is -4.57. The quantitative estimate of drug-likeness (QED) is 0.180. The van der Waals surface area contributed by atoms with E-state index in [0.717, 1.165) is 16.8 Å². The van der Waals surface area contributed by atoms with E-state index in [2.05, 4.69) is 10.1 Å². The van der Waals surface area contributed by atoms with Crippen LogP contribution < -0.4 is 20.5 Å². The van der Waals surface area contributed by atoms with E-state index >= 15 is 0 Å². The molecule has 1 saturated carbocycles. The molecule has 0 spiro atoms. The molecule has 2 amide bonds. The molecular formula is C30H24ClF6N5O5. The molecule has 3 heterocycles. The van der Waals surface area contributed by atoms with E-state index in [0.29, 0.717) is 6.07 Å². The number of nitrogens with zero attached hydrogens (tertiary/aromatic N) is 3. The van der Waals surface area contributed by atoms with Crippen molar-refractivity contribution < 1.29 is 50.5 Å². The maximum Gasteiger partial charge on any atom is 0.424 e. The first kappa shape index (κ1) is 32.4. The van der Waals surface area contributed by atoms with E-state index in [4.69, 9.17) is 26.8 Å². The van der Waals surface area contributed by atoms with Crippen LogP contribution in [0.3, 0.4) is 0 Å². The molecule has 248 valence electrons. The maximum atomic E-state index is 14.8. The summed E-state index contributed by atoms with van der Waals surface area (Å²) in [4.78, 5) is 29.6. The summed E-state index contributed by atoms with van der Waals surface area (Å²) in [7, 11) is 1.26. The number of aliphatic hydroxyl groups is 1. The Morgan fingerprint density at radius 3 is 2.53 bits per heavy atom. The highest BCUT2D eigenvalue weighted by Crippen LogP contribution is 2.49. The summed E-state index contributed by atoms with van der Waals surface area (Å²) in [5, 5.41) is 16.9. The third kappa shape index (κ3) is 5.10. The number of carbonyl (C=O) groups is 2. The molecule has 10 nitrogen and oxygen atoms in total. The van der Waals surface area contributed by atoms with Gasteiger partial charge >= 0.3 is 6.18 Å². The topological polar surface area (TPSA) is 142 Å². The van der Waals surface area contributed by atoms with Gasteiger partial charge in [-0.15, -0.1) is 0 Å². The first-order valence-corrected chi connectivity index (χ1v) is 14.3. The third-order valence-electron chi connectivity index (χ3n) is 8.43. The lowest BCUT2D eigenvalue weighted by Crippen LogP contribution is -2.51. The van der Waals surface area contributed by atoms with E-state index in [9.17, 15) is 41.0 Å². The molecule has 4 aromatic rings. The number of halogens is 7. The molecule has 6 rings (SSSR count). The van der Waals surface area contributed by atoms with Crippen molar-refractivity contribution in [3.05, 3.63) is 70.0 Å². The highest BCUT2D eigenvalue weighted by molar-refractivity contribution is 6.33. The Morgan fingerprint density at radius 1 is 1.21 bits per heavy atom. The van der Waals surface area contributed by atoms with E-state index < -0.39 is 81.6 Å². The van der Waals surface area contributed by atoms with Crippen LogP contribution in [0.1, 0.15) is 41.4 Å². The Balaban J connectivity index is 1.43. The Bertz CT molecular complexity index is 1980. The number of nitrogens with one attached hydrogen (secondary N) is 1. The van der Waals surface area contributed by atoms with Gasteiger partial charge in [0.05, 0.1) is 24.4 Å². The van der Waals surface area contributed by atoms with Crippen LogP contribution in [0.15, 0.2) is 36.5 Å². The number of hydrogen-bond donors (Lipinski definition) is 3. The number of methoxy groups -OCH3 is 1. The summed E-state index contributed by atoms with van der Waals surface area (Å²) in [6.45, 7) is -0.689. The summed E-state index contributed by atoms with van der Waals surface area (Å²) >= 11 is 6.01. The molecule has 47 heavy (non-hydrogen) atoms. The number of amides is 2. The zero-order valence-corrected chi connectivity index (χ0v) is 25.2. The van der Waals surface area contributed by atoms with E-state index in [1.54, 1.807) is 0 Å². The van der Waals surface area contributed by atoms with Crippen molar-refractivity contribution in [2.75, 3.05) is 20.3 Å². The van der Waals surface area contributed by atoms with Gasteiger partial charge in [-0.2, -0.15) is 18.3 Å². The van der Waals surface area contributed by atoms with Crippen LogP contribution in [0.25, 0.3) is 22.2 Å². The fourth-order valence-electron chi connectivity index (χ4n) is 5.26. The van der Waals surface area contributed by atoms with Gasteiger partial charge in [0.25, 0.3) is 5.91 Å². The summed E-state index contributed by atoms with van der Waals surface area (Å²) in [5.41, 5.74) is -2.43. The number of rotatable bonds is 8. The van der Waals surface area contributed by atoms with Gasteiger partial charge in [0, 0.05) is 41.1 Å². The molecule has 2 aliphatic rings. The molecular weight excluding hydrogens is 660 g/mol. The van der Waals surface area contributed by atoms with Gasteiger partial charge in [-0.1, -0.05) is 11.6 Å². The molecule has 0 bridgehead atoms. The Morgan fingerprint density at radius 2 is 1.91 bits per heavy atom. The summed E-state index contributed by atoms with van der Waals surface area (Å²) in [6.07, 6.45) is -3.71. The first-order valence-electron chi connectivity index (χ1n) is 13.9. The summed E-state index contributed by atoms with van der Waals surface area (Å²) in [6, 6.07) is 4.79. The smallest absolute Gasteiger partial charge is 0.424 e. The lowest BCUT2D eigenvalue weighted by molar-refractivity contribution is -0.265. The predicted octanol–water partition coefficient (Wildman–Crippen LogP) is 4.77. The molecule has 0 radical (unpaired) electrons. The second kappa shape index (κ2) is 10.7. The second-order valence-electron chi connectivity index (χ2n) is 11.6. The third-order valence-corrected chi connectivity index (χ3v) is 8.80. The number of fused-ring (bicyclic) bond motifs is 2. The average molecular weight is 684 g/mol. The van der Waals surface area contributed by atoms with Gasteiger partial charge in [0.1, 0.15) is 34.7 Å². The standard InChI is InChI=1S/C30H24ClF6N5O5/c1-27(26(38)44)12-47-24-16(27)9-19(40-23(24)15-3-4-17(32)21(33)20(15)31)29(45,30(35,36)37)11-39-25(43)13-7-14-10-42(28(34)5-6-28)41-22(14)18(8-13)46-2/h3-4,7-10,45H,5-6,11-12H2,1-2H3,(H2,38,44)(H,39,43)/t27-,29?/m0/s1. The van der Waals surface area contributed by atoms with E-state index in [1.807, 2.05) is 5.32 Å². The van der Waals surface area contributed by atoms with Crippen LogP contribution in [0.2, 0.25) is 5.02 Å². The van der Waals surface area contributed by atoms with Crippen LogP contribution in [-0.2, 0) is 21.6 Å². The van der Waals surface area contributed by atoms with Crippen molar-refractivity contribution >= 4 is 34.3 Å². The molecule has 2 atom stereocenters. The molecule has 0 saturated heterocycles. The predicted molar refractivity (Wildman–Crippen MR) is 154 cm³/mol. The first-order chi connectivity index (χ1) is 21.9. The fourth-order valence-corrected chi connectivity index (χ4v) is 5.51. The minimum Gasteiger partial charge on any atom is -0.494 e. The number of benzene rings is 2. The van der Waals surface area contributed by atoms with E-state index in [-0.39, 0.29) is 46.4 Å². The largest absolute Gasteiger partial charge is 0.494 e. The van der Waals surface area contributed by atoms with Crippen molar-refractivity contribution in [3.8, 4) is 22.8 Å². The van der Waals surface area contributed by atoms with Crippen LogP contribution in [0, 0.1) is 11.6 Å². The lowest BCUT2D eigenvalue weighted by atomic mass is 9.81. The molecule has 2 aromatic heterocycles. The normalized spacial score (nSPS) is 19.5. The number of hydrogen-bond acceptors (Lipinski definition) is 7. The number of nitrogens with two attached hydrogens (primary N) is 1. The molecule has 1 unspecified atom stereocenters. The van der Waals surface area contributed by atoms with Gasteiger partial charge in [-0.25, -0.2) is 22.8 Å². The molecule has 17 heteroatoms. The SMILES string of the molecule is COc1cc(C(=O)NCC(O)(c2cc3c(c(-c4ccc(F)c(F)c4Cl)n2)OC[C@]3(C)C(N)=O)C(F)(F)F)cc2cn(C3(F)CC3)nc12. The highest BCUT2D eigenvalue weighted by Gasteiger charge is 2.58. The van der Waals surface area contributed by atoms with Crippen molar-refractivity contribution in [2.45, 2.75) is 42.8 Å². The lowest BCUT2D eigenvalue weighted by Gasteiger charge is -2.31. The van der Waals surface area contributed by atoms with Crippen molar-refractivity contribution in [1.29, 1.82) is 0 Å². The summed E-state index contributed by atoms with van der Waals surface area (Å²) in [5.74, 6) is -6.92. The fraction of sp³-hybridized carbons (Fsp3) is 0.333. The number of carbonyl (C=O) groups excluding carboxylic acids is 2. The van der Waals surface area contributed by atoms with Crippen molar-refractivity contribution in [3.63, 3.8) is 0 Å². The Kier molecular flexibility index (Phi) is 7.39. The van der Waals surface area contributed by atoms with Crippen LogP contribution >= 0.6 is 11.6 Å². The monoisotopic (exact) mass is 683 g/mol. The van der Waals surface area contributed by atoms with Gasteiger partial charge in [-0.05, 0) is 37.3 Å². The average Bonchev–Trinajstić information content (AvgIpc) is 3.45. The van der Waals surface area contributed by atoms with E-state index in [1.165, 1.54) is 32.4 Å². The van der Waals surface area contributed by atoms with Crippen molar-refractivity contribution in [1.82, 2.24) is 20.1 Å². The number of ether oxygens (including phenoxy) is 2. The number of pyridine rings is 1. The number of aromatic nitrogens is 3. The minimum absolute atomic E-state index is 0.0424. The number of primary amides is 1. The molecule has 4 N–H and O–H groups in total. The van der Waals surface area contributed by atoms with Crippen molar-refractivity contribution in [2.24, 2.45) is 5.73 Å². The molecule has 1 aliphatic carbocycles. The maximum absolute atomic E-state index is 14.8. The highest BCUT2D eigenvalue weighted by atomic mass is 35.5. The van der Waals surface area contributed by atoms with Gasteiger partial charge in [-0.3, -0.25) is 9.59 Å². The zero-order valence-electron chi connectivity index (χ0n) is 24.4. The van der Waals surface area contributed by atoms with Gasteiger partial charge in [0.2, 0.25) is 17.3 Å². The molecule has 1 fully saturated rings. The van der Waals surface area contributed by atoms with Gasteiger partial charge in [0.15, 0.2) is 11.6 Å². The van der Waals surface area contributed by atoms with Crippen LogP contribution in [0.5, 0.6) is 11.5 Å². The second-order valence-corrected chi connectivity index (χ2v) is 12.0. The number of alkyl halides is 4. The van der Waals surface area contributed by atoms with Crippen LogP contribution in [-0.4, -0.2) is 58.1 Å².